The summed E-state index contributed by atoms with van der Waals surface area (Å²) in [6.07, 6.45) is 16.6. The molecule has 0 spiro atoms. The quantitative estimate of drug-likeness (QED) is 0.406. The topological polar surface area (TPSA) is 40.5 Å². The Morgan fingerprint density at radius 3 is 2.56 bits per heavy atom. The molecule has 0 heterocycles. The van der Waals surface area contributed by atoms with Crippen LogP contribution in [0.5, 0.6) is 0 Å². The Bertz CT molecular complexity index is 702. The van der Waals surface area contributed by atoms with Gasteiger partial charge in [0.25, 0.3) is 0 Å². The molecule has 0 unspecified atom stereocenters. The lowest BCUT2D eigenvalue weighted by molar-refractivity contribution is 0.0138. The van der Waals surface area contributed by atoms with E-state index in [1.165, 1.54) is 51.4 Å². The second kappa shape index (κ2) is 11.0. The molecule has 32 heavy (non-hydrogen) atoms. The summed E-state index contributed by atoms with van der Waals surface area (Å²) in [7, 11) is 0. The van der Waals surface area contributed by atoms with Gasteiger partial charge in [0.05, 0.1) is 12.2 Å². The average molecular weight is 443 g/mol. The molecule has 3 fully saturated rings. The summed E-state index contributed by atoms with van der Waals surface area (Å²) in [4.78, 5) is 0. The third-order valence-electron chi connectivity index (χ3n) is 9.38. The van der Waals surface area contributed by atoms with Crippen molar-refractivity contribution in [1.82, 2.24) is 0 Å². The van der Waals surface area contributed by atoms with Crippen molar-refractivity contribution in [2.24, 2.45) is 35.0 Å². The van der Waals surface area contributed by atoms with Crippen LogP contribution in [0.4, 0.5) is 0 Å². The first-order valence-corrected chi connectivity index (χ1v) is 13.6. The Morgan fingerprint density at radius 1 is 1.12 bits per heavy atom. The lowest BCUT2D eigenvalue weighted by Gasteiger charge is -2.44. The zero-order chi connectivity index (χ0) is 23.5. The van der Waals surface area contributed by atoms with Crippen LogP contribution < -0.4 is 0 Å². The van der Waals surface area contributed by atoms with Crippen molar-refractivity contribution >= 4 is 0 Å². The highest BCUT2D eigenvalue weighted by atomic mass is 16.3. The van der Waals surface area contributed by atoms with E-state index in [-0.39, 0.29) is 5.92 Å². The smallest absolute Gasteiger partial charge is 0.0839 e. The highest BCUT2D eigenvalue weighted by Crippen LogP contribution is 2.60. The fourth-order valence-corrected chi connectivity index (χ4v) is 7.50. The van der Waals surface area contributed by atoms with Gasteiger partial charge >= 0.3 is 0 Å². The minimum absolute atomic E-state index is 0.0666. The number of hydrogen-bond acceptors (Lipinski definition) is 2. The van der Waals surface area contributed by atoms with Crippen molar-refractivity contribution in [2.75, 3.05) is 0 Å². The van der Waals surface area contributed by atoms with E-state index in [4.69, 9.17) is 0 Å². The Labute approximate surface area is 198 Å². The predicted molar refractivity (Wildman–Crippen MR) is 136 cm³/mol. The molecule has 3 aliphatic rings. The highest BCUT2D eigenvalue weighted by molar-refractivity contribution is 5.39. The lowest BCUT2D eigenvalue weighted by atomic mass is 9.60. The first kappa shape index (κ1) is 25.8. The van der Waals surface area contributed by atoms with Crippen molar-refractivity contribution in [3.63, 3.8) is 0 Å². The van der Waals surface area contributed by atoms with Gasteiger partial charge in [-0.15, -0.1) is 0 Å². The van der Waals surface area contributed by atoms with Crippen LogP contribution in [-0.2, 0) is 0 Å². The lowest BCUT2D eigenvalue weighted by Crippen LogP contribution is -2.38. The molecule has 3 saturated carbocycles. The molecule has 0 amide bonds. The van der Waals surface area contributed by atoms with E-state index in [2.05, 4.69) is 53.3 Å². The zero-order valence-corrected chi connectivity index (χ0v) is 21.6. The molecule has 2 heteroatoms. The molecule has 0 aliphatic heterocycles. The molecule has 182 valence electrons. The van der Waals surface area contributed by atoms with Gasteiger partial charge in [0.2, 0.25) is 0 Å². The fraction of sp³-hybridized carbons (Fsp3) is 0.800. The first-order valence-electron chi connectivity index (χ1n) is 13.6. The van der Waals surface area contributed by atoms with Crippen LogP contribution in [-0.4, -0.2) is 22.4 Å². The SMILES string of the molecule is C=C1/C(=C\C=C2/CCC[C@]3(C)[C@@H]([C@H](C)CCCC(C)C)CC[C@@H]23)C[C@@H](O)[C@H](CCC)[C@@H]1O. The number of aliphatic hydroxyl groups excluding tert-OH is 2. The molecule has 3 aliphatic carbocycles. The van der Waals surface area contributed by atoms with E-state index in [9.17, 15) is 10.2 Å². The van der Waals surface area contributed by atoms with Gasteiger partial charge in [-0.1, -0.05) is 84.6 Å². The zero-order valence-electron chi connectivity index (χ0n) is 21.6. The standard InChI is InChI=1S/C30H50O2/c1-7-10-25-28(31)19-24(22(5)29(25)32)15-14-23-13-9-18-30(6)26(16-17-27(23)30)21(4)12-8-11-20(2)3/h14-15,20-21,25-29,31-32H,5,7-13,16-19H2,1-4,6H3/b23-14+,24-15-/t21-,25+,26-,27+,28-,29-,30-/m1/s1. The molecule has 0 aromatic rings. The molecule has 7 atom stereocenters. The van der Waals surface area contributed by atoms with Crippen molar-refractivity contribution in [3.8, 4) is 0 Å². The van der Waals surface area contributed by atoms with Crippen molar-refractivity contribution in [2.45, 2.75) is 117 Å². The summed E-state index contributed by atoms with van der Waals surface area (Å²) in [5, 5.41) is 21.3. The van der Waals surface area contributed by atoms with Gasteiger partial charge in [-0.05, 0) is 85.2 Å². The summed E-state index contributed by atoms with van der Waals surface area (Å²) in [5.74, 6) is 3.11. The number of aliphatic hydroxyl groups is 2. The maximum Gasteiger partial charge on any atom is 0.0839 e. The van der Waals surface area contributed by atoms with Gasteiger partial charge in [-0.2, -0.15) is 0 Å². The van der Waals surface area contributed by atoms with E-state index in [0.29, 0.717) is 17.8 Å². The van der Waals surface area contributed by atoms with Gasteiger partial charge in [-0.25, -0.2) is 0 Å². The maximum absolute atomic E-state index is 10.7. The van der Waals surface area contributed by atoms with Gasteiger partial charge in [0, 0.05) is 5.92 Å². The predicted octanol–water partition coefficient (Wildman–Crippen LogP) is 7.62. The van der Waals surface area contributed by atoms with Crippen LogP contribution >= 0.6 is 0 Å². The van der Waals surface area contributed by atoms with E-state index >= 15 is 0 Å². The largest absolute Gasteiger partial charge is 0.392 e. The van der Waals surface area contributed by atoms with Crippen LogP contribution in [0, 0.1) is 35.0 Å². The van der Waals surface area contributed by atoms with Crippen LogP contribution in [0.2, 0.25) is 0 Å². The highest BCUT2D eigenvalue weighted by Gasteiger charge is 2.50. The molecule has 2 nitrogen and oxygen atoms in total. The Balaban J connectivity index is 1.71. The summed E-state index contributed by atoms with van der Waals surface area (Å²) >= 11 is 0. The van der Waals surface area contributed by atoms with Crippen molar-refractivity contribution < 1.29 is 10.2 Å². The fourth-order valence-electron chi connectivity index (χ4n) is 7.50. The third kappa shape index (κ3) is 5.44. The minimum atomic E-state index is -0.609. The van der Waals surface area contributed by atoms with Crippen LogP contribution in [0.3, 0.4) is 0 Å². The van der Waals surface area contributed by atoms with E-state index in [1.54, 1.807) is 5.57 Å². The summed E-state index contributed by atoms with van der Waals surface area (Å²) in [6.45, 7) is 16.1. The normalized spacial score (nSPS) is 39.1. The Hall–Kier alpha value is -0.860. The third-order valence-corrected chi connectivity index (χ3v) is 9.38. The number of fused-ring (bicyclic) bond motifs is 1. The van der Waals surface area contributed by atoms with E-state index in [1.807, 2.05) is 0 Å². The summed E-state index contributed by atoms with van der Waals surface area (Å²) in [6, 6.07) is 0. The molecule has 0 aromatic heterocycles. The second-order valence-corrected chi connectivity index (χ2v) is 12.0. The number of allylic oxidation sites excluding steroid dienone is 3. The second-order valence-electron chi connectivity index (χ2n) is 12.0. The monoisotopic (exact) mass is 442 g/mol. The number of rotatable bonds is 8. The maximum atomic E-state index is 10.7. The van der Waals surface area contributed by atoms with Gasteiger partial charge in [0.15, 0.2) is 0 Å². The van der Waals surface area contributed by atoms with Crippen molar-refractivity contribution in [3.05, 3.63) is 35.5 Å². The molecule has 0 bridgehead atoms. The van der Waals surface area contributed by atoms with Crippen LogP contribution in [0.25, 0.3) is 0 Å². The van der Waals surface area contributed by atoms with Gasteiger partial charge in [0.1, 0.15) is 0 Å². The van der Waals surface area contributed by atoms with Gasteiger partial charge in [-0.3, -0.25) is 0 Å². The van der Waals surface area contributed by atoms with E-state index < -0.39 is 12.2 Å². The van der Waals surface area contributed by atoms with Gasteiger partial charge < -0.3 is 10.2 Å². The van der Waals surface area contributed by atoms with Crippen LogP contribution in [0.15, 0.2) is 35.5 Å². The molecular weight excluding hydrogens is 392 g/mol. The molecule has 0 radical (unpaired) electrons. The average Bonchev–Trinajstić information content (AvgIpc) is 3.10. The molecule has 0 aromatic carbocycles. The minimum Gasteiger partial charge on any atom is -0.392 e. The van der Waals surface area contributed by atoms with E-state index in [0.717, 1.165) is 41.7 Å². The number of hydrogen-bond donors (Lipinski definition) is 2. The Kier molecular flexibility index (Phi) is 8.89. The molecule has 3 rings (SSSR count). The molecule has 0 saturated heterocycles. The van der Waals surface area contributed by atoms with Crippen LogP contribution in [0.1, 0.15) is 105 Å². The van der Waals surface area contributed by atoms with Crippen molar-refractivity contribution in [1.29, 1.82) is 0 Å². The summed E-state index contributed by atoms with van der Waals surface area (Å²) < 4.78 is 0. The summed E-state index contributed by atoms with van der Waals surface area (Å²) in [5.41, 5.74) is 3.92. The Morgan fingerprint density at radius 2 is 1.88 bits per heavy atom. The molecular formula is C30H50O2. The first-order chi connectivity index (χ1) is 15.2. The molecule has 2 N–H and O–H groups in total.